The summed E-state index contributed by atoms with van der Waals surface area (Å²) in [6.45, 7) is 0. The minimum Gasteiger partial charge on any atom is -0.344 e. The molecule has 0 fully saturated rings. The van der Waals surface area contributed by atoms with Crippen LogP contribution in [0.3, 0.4) is 0 Å². The van der Waals surface area contributed by atoms with Gasteiger partial charge in [0, 0.05) is 18.4 Å². The summed E-state index contributed by atoms with van der Waals surface area (Å²) < 4.78 is 2.24. The molecule has 1 heteroatoms. The highest BCUT2D eigenvalue weighted by Gasteiger charge is 2.07. The van der Waals surface area contributed by atoms with Crippen LogP contribution in [0.4, 0.5) is 0 Å². The van der Waals surface area contributed by atoms with Gasteiger partial charge in [0.2, 0.25) is 0 Å². The Bertz CT molecular complexity index is 579. The third kappa shape index (κ3) is 1.84. The van der Waals surface area contributed by atoms with E-state index in [0.29, 0.717) is 0 Å². The number of aromatic nitrogens is 1. The molecule has 18 heavy (non-hydrogen) atoms. The normalized spacial score (nSPS) is 10.5. The summed E-state index contributed by atoms with van der Waals surface area (Å²) in [5.41, 5.74) is 4.99. The summed E-state index contributed by atoms with van der Waals surface area (Å²) >= 11 is 0. The Labute approximate surface area is 107 Å². The lowest BCUT2D eigenvalue weighted by atomic mass is 10.1. The van der Waals surface area contributed by atoms with E-state index in [1.54, 1.807) is 0 Å². The number of nitrogens with zero attached hydrogens (tertiary/aromatic N) is 1. The first-order valence-corrected chi connectivity index (χ1v) is 6.13. The molecule has 0 saturated heterocycles. The van der Waals surface area contributed by atoms with Gasteiger partial charge in [-0.05, 0) is 23.3 Å². The first-order valence-electron chi connectivity index (χ1n) is 6.13. The van der Waals surface area contributed by atoms with E-state index in [0.717, 1.165) is 0 Å². The van der Waals surface area contributed by atoms with Crippen LogP contribution >= 0.6 is 0 Å². The van der Waals surface area contributed by atoms with Gasteiger partial charge < -0.3 is 4.57 Å². The highest BCUT2D eigenvalue weighted by Crippen LogP contribution is 2.27. The Morgan fingerprint density at radius 3 is 1.33 bits per heavy atom. The Morgan fingerprint density at radius 2 is 0.944 bits per heavy atom. The van der Waals surface area contributed by atoms with Crippen molar-refractivity contribution in [1.29, 1.82) is 0 Å². The molecule has 0 atom stereocenters. The van der Waals surface area contributed by atoms with E-state index in [-0.39, 0.29) is 0 Å². The summed E-state index contributed by atoms with van der Waals surface area (Å²) in [5.74, 6) is 0. The van der Waals surface area contributed by atoms with Gasteiger partial charge in [0.15, 0.2) is 0 Å². The Kier molecular flexibility index (Phi) is 2.73. The maximum atomic E-state index is 2.24. The molecule has 0 amide bonds. The molecular weight excluding hydrogens is 218 g/mol. The fourth-order valence-corrected chi connectivity index (χ4v) is 2.31. The molecule has 2 aromatic carbocycles. The van der Waals surface area contributed by atoms with E-state index < -0.39 is 0 Å². The Balaban J connectivity index is 2.09. The van der Waals surface area contributed by atoms with Crippen LogP contribution in [-0.4, -0.2) is 4.57 Å². The number of hydrogen-bond donors (Lipinski definition) is 0. The van der Waals surface area contributed by atoms with E-state index in [4.69, 9.17) is 0 Å². The molecular formula is C17H15N. The topological polar surface area (TPSA) is 4.93 Å². The van der Waals surface area contributed by atoms with Crippen molar-refractivity contribution in [2.24, 2.45) is 7.05 Å². The smallest absolute Gasteiger partial charge is 0.0482 e. The van der Waals surface area contributed by atoms with E-state index in [9.17, 15) is 0 Å². The zero-order valence-electron chi connectivity index (χ0n) is 10.4. The summed E-state index contributed by atoms with van der Waals surface area (Å²) in [6.07, 6.45) is 0. The monoisotopic (exact) mass is 233 g/mol. The van der Waals surface area contributed by atoms with Gasteiger partial charge in [-0.3, -0.25) is 0 Å². The van der Waals surface area contributed by atoms with Crippen molar-refractivity contribution in [2.45, 2.75) is 0 Å². The average Bonchev–Trinajstić information content (AvgIpc) is 2.83. The molecule has 0 radical (unpaired) electrons. The van der Waals surface area contributed by atoms with Crippen LogP contribution in [-0.2, 0) is 7.05 Å². The van der Waals surface area contributed by atoms with Gasteiger partial charge in [0.1, 0.15) is 0 Å². The van der Waals surface area contributed by atoms with Crippen molar-refractivity contribution in [3.05, 3.63) is 72.8 Å². The minimum absolute atomic E-state index is 1.24. The third-order valence-corrected chi connectivity index (χ3v) is 3.26. The summed E-state index contributed by atoms with van der Waals surface area (Å²) in [5, 5.41) is 0. The van der Waals surface area contributed by atoms with Crippen LogP contribution in [0.15, 0.2) is 72.8 Å². The predicted molar refractivity (Wildman–Crippen MR) is 76.3 cm³/mol. The van der Waals surface area contributed by atoms with E-state index in [1.165, 1.54) is 22.5 Å². The molecule has 0 spiro atoms. The first kappa shape index (κ1) is 10.8. The van der Waals surface area contributed by atoms with Gasteiger partial charge in [-0.25, -0.2) is 0 Å². The summed E-state index contributed by atoms with van der Waals surface area (Å²) in [4.78, 5) is 0. The molecule has 0 bridgehead atoms. The van der Waals surface area contributed by atoms with Crippen LogP contribution in [0.2, 0.25) is 0 Å². The molecule has 1 nitrogen and oxygen atoms in total. The van der Waals surface area contributed by atoms with Crippen LogP contribution in [0.5, 0.6) is 0 Å². The quantitative estimate of drug-likeness (QED) is 0.619. The standard InChI is InChI=1S/C17H15N/c1-18-16(14-8-4-2-5-9-14)12-13-17(18)15-10-6-3-7-11-15/h2-13H,1H3. The number of rotatable bonds is 2. The zero-order valence-corrected chi connectivity index (χ0v) is 10.4. The van der Waals surface area contributed by atoms with Gasteiger partial charge >= 0.3 is 0 Å². The zero-order chi connectivity index (χ0) is 12.4. The number of benzene rings is 2. The van der Waals surface area contributed by atoms with Gasteiger partial charge in [0.05, 0.1) is 0 Å². The fourth-order valence-electron chi connectivity index (χ4n) is 2.31. The van der Waals surface area contributed by atoms with E-state index in [1.807, 2.05) is 12.1 Å². The number of hydrogen-bond acceptors (Lipinski definition) is 0. The van der Waals surface area contributed by atoms with Crippen LogP contribution in [0.1, 0.15) is 0 Å². The maximum absolute atomic E-state index is 2.24. The predicted octanol–water partition coefficient (Wildman–Crippen LogP) is 4.36. The highest BCUT2D eigenvalue weighted by atomic mass is 15.0. The van der Waals surface area contributed by atoms with Crippen molar-refractivity contribution in [2.75, 3.05) is 0 Å². The molecule has 1 aromatic heterocycles. The first-order chi connectivity index (χ1) is 8.86. The molecule has 88 valence electrons. The Hall–Kier alpha value is -2.28. The van der Waals surface area contributed by atoms with Crippen molar-refractivity contribution >= 4 is 0 Å². The molecule has 0 saturated carbocycles. The highest BCUT2D eigenvalue weighted by molar-refractivity contribution is 5.69. The molecule has 0 aliphatic heterocycles. The largest absolute Gasteiger partial charge is 0.344 e. The van der Waals surface area contributed by atoms with Gasteiger partial charge in [-0.15, -0.1) is 0 Å². The van der Waals surface area contributed by atoms with E-state index >= 15 is 0 Å². The second-order valence-electron chi connectivity index (χ2n) is 4.39. The van der Waals surface area contributed by atoms with Gasteiger partial charge in [-0.1, -0.05) is 60.7 Å². The van der Waals surface area contributed by atoms with Crippen LogP contribution < -0.4 is 0 Å². The Morgan fingerprint density at radius 1 is 0.556 bits per heavy atom. The van der Waals surface area contributed by atoms with Crippen molar-refractivity contribution < 1.29 is 0 Å². The maximum Gasteiger partial charge on any atom is 0.0482 e. The van der Waals surface area contributed by atoms with Gasteiger partial charge in [0.25, 0.3) is 0 Å². The van der Waals surface area contributed by atoms with E-state index in [2.05, 4.69) is 72.3 Å². The van der Waals surface area contributed by atoms with Crippen molar-refractivity contribution in [3.63, 3.8) is 0 Å². The minimum atomic E-state index is 1.24. The molecule has 0 aliphatic carbocycles. The lowest BCUT2D eigenvalue weighted by molar-refractivity contribution is 0.946. The van der Waals surface area contributed by atoms with Crippen molar-refractivity contribution in [3.8, 4) is 22.5 Å². The lowest BCUT2D eigenvalue weighted by Gasteiger charge is -2.08. The lowest BCUT2D eigenvalue weighted by Crippen LogP contribution is -1.94. The third-order valence-electron chi connectivity index (χ3n) is 3.26. The molecule has 0 aliphatic rings. The second-order valence-corrected chi connectivity index (χ2v) is 4.39. The van der Waals surface area contributed by atoms with Crippen molar-refractivity contribution in [1.82, 2.24) is 4.57 Å². The van der Waals surface area contributed by atoms with Crippen LogP contribution in [0.25, 0.3) is 22.5 Å². The summed E-state index contributed by atoms with van der Waals surface area (Å²) in [6, 6.07) is 25.3. The van der Waals surface area contributed by atoms with Gasteiger partial charge in [-0.2, -0.15) is 0 Å². The SMILES string of the molecule is Cn1c(-c2ccccc2)ccc1-c1ccccc1. The second kappa shape index (κ2) is 4.53. The fraction of sp³-hybridized carbons (Fsp3) is 0.0588. The average molecular weight is 233 g/mol. The molecule has 0 unspecified atom stereocenters. The molecule has 3 aromatic rings. The molecule has 3 rings (SSSR count). The van der Waals surface area contributed by atoms with Crippen LogP contribution in [0, 0.1) is 0 Å². The summed E-state index contributed by atoms with van der Waals surface area (Å²) in [7, 11) is 2.12. The molecule has 0 N–H and O–H groups in total. The molecule has 1 heterocycles.